The molecular weight excluding hydrogens is 437 g/mol. The Kier molecular flexibility index (Phi) is 7.87. The van der Waals surface area contributed by atoms with Crippen LogP contribution in [-0.4, -0.2) is 5.97 Å². The van der Waals surface area contributed by atoms with E-state index in [4.69, 9.17) is 27.6 Å². The Morgan fingerprint density at radius 2 is 1.62 bits per heavy atom. The molecule has 2 aromatic rings. The van der Waals surface area contributed by atoms with E-state index >= 15 is 0 Å². The van der Waals surface area contributed by atoms with Crippen molar-refractivity contribution in [2.45, 2.75) is 0 Å². The van der Waals surface area contributed by atoms with Gasteiger partial charge in [-0.15, -0.1) is 0 Å². The van der Waals surface area contributed by atoms with Gasteiger partial charge in [-0.3, -0.25) is 4.79 Å². The molecule has 4 rings (SSSR count). The first-order valence-corrected chi connectivity index (χ1v) is 8.50. The van der Waals surface area contributed by atoms with E-state index in [1.807, 2.05) is 0 Å². The fourth-order valence-electron chi connectivity index (χ4n) is 3.06. The van der Waals surface area contributed by atoms with Gasteiger partial charge in [-0.1, -0.05) is 53.2 Å². The number of halogens is 2. The van der Waals surface area contributed by atoms with E-state index in [2.05, 4.69) is 0 Å². The van der Waals surface area contributed by atoms with E-state index in [1.165, 1.54) is 30.3 Å². The molecule has 29 heavy (non-hydrogen) atoms. The second-order valence-electron chi connectivity index (χ2n) is 5.87. The van der Waals surface area contributed by atoms with Crippen LogP contribution in [-0.2, 0) is 0 Å². The van der Waals surface area contributed by atoms with Crippen LogP contribution < -0.4 is 74.8 Å². The number of aromatic carboxylic acids is 1. The first-order valence-electron chi connectivity index (χ1n) is 7.74. The summed E-state index contributed by atoms with van der Waals surface area (Å²) in [4.78, 5) is 23.6. The van der Waals surface area contributed by atoms with Crippen molar-refractivity contribution in [3.63, 3.8) is 0 Å². The number of benzene rings is 3. The fourth-order valence-corrected chi connectivity index (χ4v) is 3.39. The van der Waals surface area contributed by atoms with Gasteiger partial charge >= 0.3 is 59.1 Å². The van der Waals surface area contributed by atoms with Gasteiger partial charge in [0.2, 0.25) is 5.43 Å². The molecule has 0 unspecified atom stereocenters. The molecule has 2 aromatic carbocycles. The van der Waals surface area contributed by atoms with E-state index < -0.39 is 17.1 Å². The number of rotatable bonds is 2. The third-order valence-electron chi connectivity index (χ3n) is 4.24. The largest absolute Gasteiger partial charge is 1.00 e. The van der Waals surface area contributed by atoms with E-state index in [0.29, 0.717) is 22.1 Å². The molecule has 0 amide bonds. The minimum atomic E-state index is -1.37. The molecule has 0 radical (unpaired) electrons. The molecule has 0 atom stereocenters. The van der Waals surface area contributed by atoms with Crippen molar-refractivity contribution in [2.24, 2.45) is 0 Å². The first-order chi connectivity index (χ1) is 12.9. The SMILES string of the molecule is O=C([O-])c1ccccc1-c1c2cc(Cl)c(=O)cc-2oc2cc([O-])c(Cl)cc12.[Na+].[Na+]. The van der Waals surface area contributed by atoms with Crippen molar-refractivity contribution in [3.05, 3.63) is 74.4 Å². The zero-order valence-electron chi connectivity index (χ0n) is 15.4. The van der Waals surface area contributed by atoms with E-state index in [0.717, 1.165) is 0 Å². The second kappa shape index (κ2) is 9.41. The van der Waals surface area contributed by atoms with E-state index in [-0.39, 0.29) is 86.1 Å². The van der Waals surface area contributed by atoms with Crippen molar-refractivity contribution in [1.29, 1.82) is 0 Å². The molecule has 0 saturated carbocycles. The van der Waals surface area contributed by atoms with Crippen LogP contribution in [0, 0.1) is 0 Å². The monoisotopic (exact) mass is 444 g/mol. The number of carboxylic acid groups (broad SMARTS) is 1. The van der Waals surface area contributed by atoms with Gasteiger partial charge in [-0.25, -0.2) is 0 Å². The average molecular weight is 445 g/mol. The summed E-state index contributed by atoms with van der Waals surface area (Å²) in [6.45, 7) is 0. The van der Waals surface area contributed by atoms with Crippen LogP contribution in [0.25, 0.3) is 33.4 Å². The molecule has 1 aliphatic heterocycles. The van der Waals surface area contributed by atoms with E-state index in [9.17, 15) is 19.8 Å². The number of hydrogen-bond acceptors (Lipinski definition) is 5. The number of fused-ring (bicyclic) bond motifs is 2. The van der Waals surface area contributed by atoms with Gasteiger partial charge < -0.3 is 19.4 Å². The Morgan fingerprint density at radius 1 is 0.931 bits per heavy atom. The predicted octanol–water partition coefficient (Wildman–Crippen LogP) is -2.68. The minimum Gasteiger partial charge on any atom is -0.871 e. The molecule has 5 nitrogen and oxygen atoms in total. The zero-order chi connectivity index (χ0) is 19.3. The maximum absolute atomic E-state index is 11.9. The molecule has 0 saturated heterocycles. The third-order valence-corrected chi connectivity index (χ3v) is 4.83. The van der Waals surface area contributed by atoms with Gasteiger partial charge in [0.1, 0.15) is 11.3 Å². The van der Waals surface area contributed by atoms with Gasteiger partial charge in [0.05, 0.1) is 11.0 Å². The molecule has 2 aliphatic rings. The quantitative estimate of drug-likeness (QED) is 0.248. The Labute approximate surface area is 219 Å². The van der Waals surface area contributed by atoms with Crippen LogP contribution in [0.4, 0.5) is 0 Å². The smallest absolute Gasteiger partial charge is 0.871 e. The maximum Gasteiger partial charge on any atom is 1.00 e. The number of carbonyl (C=O) groups excluding carboxylic acids is 1. The summed E-state index contributed by atoms with van der Waals surface area (Å²) < 4.78 is 5.70. The topological polar surface area (TPSA) is 93.4 Å². The Morgan fingerprint density at radius 3 is 2.31 bits per heavy atom. The van der Waals surface area contributed by atoms with Crippen molar-refractivity contribution < 1.29 is 78.5 Å². The number of carboxylic acids is 1. The van der Waals surface area contributed by atoms with Gasteiger partial charge in [0.25, 0.3) is 0 Å². The van der Waals surface area contributed by atoms with E-state index in [1.54, 1.807) is 18.2 Å². The van der Waals surface area contributed by atoms with Crippen LogP contribution in [0.1, 0.15) is 10.4 Å². The summed E-state index contributed by atoms with van der Waals surface area (Å²) >= 11 is 12.0. The molecule has 0 spiro atoms. The van der Waals surface area contributed by atoms with Crippen LogP contribution >= 0.6 is 23.2 Å². The summed E-state index contributed by atoms with van der Waals surface area (Å²) in [7, 11) is 0. The Balaban J connectivity index is 0.00000150. The van der Waals surface area contributed by atoms with Crippen molar-refractivity contribution in [2.75, 3.05) is 0 Å². The maximum atomic E-state index is 11.9. The predicted molar refractivity (Wildman–Crippen MR) is 98.3 cm³/mol. The Bertz CT molecular complexity index is 1270. The van der Waals surface area contributed by atoms with Crippen molar-refractivity contribution >= 4 is 40.1 Å². The average Bonchev–Trinajstić information content (AvgIpc) is 2.63. The summed E-state index contributed by atoms with van der Waals surface area (Å²) in [5.74, 6) is -1.66. The molecule has 0 bridgehead atoms. The molecule has 0 aromatic heterocycles. The van der Waals surface area contributed by atoms with Crippen LogP contribution in [0.2, 0.25) is 10.0 Å². The van der Waals surface area contributed by atoms with Crippen molar-refractivity contribution in [3.8, 4) is 28.2 Å². The summed E-state index contributed by atoms with van der Waals surface area (Å²) in [5.41, 5.74) is 0.818. The van der Waals surface area contributed by atoms with Crippen molar-refractivity contribution in [1.82, 2.24) is 0 Å². The third kappa shape index (κ3) is 4.38. The second-order valence-corrected chi connectivity index (χ2v) is 6.68. The molecular formula is C20H8Cl2Na2O5. The zero-order valence-corrected chi connectivity index (χ0v) is 20.9. The molecule has 1 heterocycles. The molecule has 0 fully saturated rings. The minimum absolute atomic E-state index is 0. The molecule has 1 aliphatic carbocycles. The van der Waals surface area contributed by atoms with Crippen LogP contribution in [0.15, 0.2) is 57.7 Å². The van der Waals surface area contributed by atoms with Gasteiger partial charge in [-0.2, -0.15) is 0 Å². The number of carbonyl (C=O) groups is 1. The van der Waals surface area contributed by atoms with Crippen LogP contribution in [0.5, 0.6) is 5.75 Å². The normalized spacial score (nSPS) is 10.4. The summed E-state index contributed by atoms with van der Waals surface area (Å²) in [6.07, 6.45) is 0. The number of hydrogen-bond donors (Lipinski definition) is 0. The standard InChI is InChI=1S/C20H10Cl2O5.2Na/c21-13-5-11-17(7-15(13)23)27-18-8-16(24)14(22)6-12(18)19(11)9-3-1-2-4-10(9)20(25)26;;/h1-8,23H,(H,25,26);;/q;2*+1/p-2. The Hall–Kier alpha value is -1.02. The molecule has 0 N–H and O–H groups in total. The van der Waals surface area contributed by atoms with Gasteiger partial charge in [0.15, 0.2) is 0 Å². The van der Waals surface area contributed by atoms with Gasteiger partial charge in [-0.05, 0) is 23.8 Å². The first kappa shape index (κ1) is 24.3. The summed E-state index contributed by atoms with van der Waals surface area (Å²) in [5, 5.41) is 23.9. The molecule has 134 valence electrons. The van der Waals surface area contributed by atoms with Gasteiger partial charge in [0, 0.05) is 33.2 Å². The summed E-state index contributed by atoms with van der Waals surface area (Å²) in [6, 6.07) is 11.4. The fraction of sp³-hybridized carbons (Fsp3) is 0. The molecule has 9 heteroatoms. The van der Waals surface area contributed by atoms with Crippen LogP contribution in [0.3, 0.4) is 0 Å².